The summed E-state index contributed by atoms with van der Waals surface area (Å²) in [5.41, 5.74) is 4.86. The Morgan fingerprint density at radius 1 is 1.18 bits per heavy atom. The lowest BCUT2D eigenvalue weighted by Gasteiger charge is -2.15. The smallest absolute Gasteiger partial charge is 0.326 e. The number of carboxylic acids is 2. The first-order valence-electron chi connectivity index (χ1n) is 4.55. The zero-order valence-corrected chi connectivity index (χ0v) is 8.97. The zero-order chi connectivity index (χ0) is 13.6. The number of urea groups is 1. The number of hydrogen-bond donors (Lipinski definition) is 5. The summed E-state index contributed by atoms with van der Waals surface area (Å²) in [6.07, 6.45) is -0.770. The average Bonchev–Trinajstić information content (AvgIpc) is 2.15. The van der Waals surface area contributed by atoms with Crippen LogP contribution in [0.3, 0.4) is 0 Å². The molecule has 0 bridgehead atoms. The monoisotopic (exact) mass is 247 g/mol. The first-order valence-corrected chi connectivity index (χ1v) is 4.55. The van der Waals surface area contributed by atoms with Gasteiger partial charge in [0, 0.05) is 0 Å². The summed E-state index contributed by atoms with van der Waals surface area (Å²) in [6, 6.07) is -3.55. The minimum absolute atomic E-state index is 0.770. The van der Waals surface area contributed by atoms with Gasteiger partial charge in [-0.05, 0) is 6.92 Å². The molecule has 2 atom stereocenters. The molecule has 0 aromatic rings. The number of aliphatic carboxylic acids is 2. The topological polar surface area (TPSA) is 159 Å². The second-order valence-electron chi connectivity index (χ2n) is 3.23. The van der Waals surface area contributed by atoms with E-state index >= 15 is 0 Å². The van der Waals surface area contributed by atoms with E-state index in [0.29, 0.717) is 0 Å². The Morgan fingerprint density at radius 3 is 2.06 bits per heavy atom. The molecule has 0 aliphatic rings. The summed E-state index contributed by atoms with van der Waals surface area (Å²) in [5, 5.41) is 21.0. The van der Waals surface area contributed by atoms with Gasteiger partial charge < -0.3 is 26.6 Å². The number of rotatable bonds is 6. The molecular formula is C8H13N3O6. The van der Waals surface area contributed by atoms with Crippen LogP contribution in [-0.2, 0) is 14.4 Å². The van der Waals surface area contributed by atoms with E-state index in [4.69, 9.17) is 15.9 Å². The van der Waals surface area contributed by atoms with Gasteiger partial charge in [-0.3, -0.25) is 9.59 Å². The summed E-state index contributed by atoms with van der Waals surface area (Å²) in [4.78, 5) is 42.7. The third-order valence-electron chi connectivity index (χ3n) is 1.76. The maximum Gasteiger partial charge on any atom is 0.326 e. The quantitative estimate of drug-likeness (QED) is 0.368. The summed E-state index contributed by atoms with van der Waals surface area (Å²) in [6.45, 7) is 1.30. The van der Waals surface area contributed by atoms with Crippen molar-refractivity contribution in [2.24, 2.45) is 5.73 Å². The van der Waals surface area contributed by atoms with E-state index in [1.54, 1.807) is 0 Å². The predicted octanol–water partition coefficient (Wildman–Crippen LogP) is -1.91. The van der Waals surface area contributed by atoms with Gasteiger partial charge in [-0.25, -0.2) is 9.59 Å². The Hall–Kier alpha value is -2.32. The van der Waals surface area contributed by atoms with Crippen molar-refractivity contribution in [1.29, 1.82) is 0 Å². The lowest BCUT2D eigenvalue weighted by Crippen LogP contribution is -2.51. The zero-order valence-electron chi connectivity index (χ0n) is 8.97. The predicted molar refractivity (Wildman–Crippen MR) is 54.0 cm³/mol. The molecule has 0 aromatic carbocycles. The Bertz CT molecular complexity index is 342. The molecule has 0 saturated carbocycles. The van der Waals surface area contributed by atoms with Crippen molar-refractivity contribution in [2.45, 2.75) is 25.4 Å². The number of nitrogens with one attached hydrogen (secondary N) is 2. The second-order valence-corrected chi connectivity index (χ2v) is 3.23. The van der Waals surface area contributed by atoms with Crippen LogP contribution in [0.25, 0.3) is 0 Å². The average molecular weight is 247 g/mol. The number of primary amides is 1. The fourth-order valence-corrected chi connectivity index (χ4v) is 0.842. The Kier molecular flexibility index (Phi) is 5.44. The van der Waals surface area contributed by atoms with Crippen molar-refractivity contribution < 1.29 is 29.4 Å². The molecule has 9 nitrogen and oxygen atoms in total. The van der Waals surface area contributed by atoms with Crippen molar-refractivity contribution in [3.63, 3.8) is 0 Å². The molecule has 96 valence electrons. The lowest BCUT2D eigenvalue weighted by atomic mass is 10.2. The van der Waals surface area contributed by atoms with Crippen LogP contribution in [-0.4, -0.2) is 46.2 Å². The molecule has 0 radical (unpaired) electrons. The first-order chi connectivity index (χ1) is 7.73. The van der Waals surface area contributed by atoms with E-state index in [-0.39, 0.29) is 0 Å². The Balaban J connectivity index is 4.36. The summed E-state index contributed by atoms with van der Waals surface area (Å²) in [5.74, 6) is -3.67. The van der Waals surface area contributed by atoms with E-state index in [2.05, 4.69) is 5.32 Å². The fraction of sp³-hybridized carbons (Fsp3) is 0.500. The van der Waals surface area contributed by atoms with Gasteiger partial charge in [0.2, 0.25) is 5.91 Å². The lowest BCUT2D eigenvalue weighted by molar-refractivity contribution is -0.145. The molecule has 0 saturated heterocycles. The van der Waals surface area contributed by atoms with Crippen LogP contribution >= 0.6 is 0 Å². The highest BCUT2D eigenvalue weighted by Gasteiger charge is 2.24. The van der Waals surface area contributed by atoms with Crippen LogP contribution in [0.1, 0.15) is 13.3 Å². The highest BCUT2D eigenvalue weighted by atomic mass is 16.4. The van der Waals surface area contributed by atoms with Crippen molar-refractivity contribution in [3.05, 3.63) is 0 Å². The van der Waals surface area contributed by atoms with Crippen molar-refractivity contribution in [2.75, 3.05) is 0 Å². The van der Waals surface area contributed by atoms with Gasteiger partial charge in [-0.1, -0.05) is 0 Å². The van der Waals surface area contributed by atoms with Gasteiger partial charge in [0.1, 0.15) is 12.1 Å². The van der Waals surface area contributed by atoms with E-state index in [1.807, 2.05) is 5.32 Å². The minimum atomic E-state index is -1.58. The third kappa shape index (κ3) is 5.97. The largest absolute Gasteiger partial charge is 0.481 e. The molecular weight excluding hydrogens is 234 g/mol. The van der Waals surface area contributed by atoms with Crippen LogP contribution < -0.4 is 16.4 Å². The summed E-state index contributed by atoms with van der Waals surface area (Å²) < 4.78 is 0. The van der Waals surface area contributed by atoms with Crippen molar-refractivity contribution in [1.82, 2.24) is 10.6 Å². The molecule has 6 N–H and O–H groups in total. The maximum absolute atomic E-state index is 11.2. The van der Waals surface area contributed by atoms with Gasteiger partial charge in [0.15, 0.2) is 0 Å². The molecule has 0 aliphatic heterocycles. The molecule has 0 aliphatic carbocycles. The standard InChI is InChI=1S/C8H13N3O6/c1-3(6(9)14)10-8(17)11-4(7(15)16)2-5(12)13/h3-4H,2H2,1H3,(H2,9,14)(H,12,13)(H,15,16)(H2,10,11,17)/t3?,4-/m0/s1. The van der Waals surface area contributed by atoms with Gasteiger partial charge in [0.25, 0.3) is 0 Å². The minimum Gasteiger partial charge on any atom is -0.481 e. The van der Waals surface area contributed by atoms with Gasteiger partial charge in [-0.2, -0.15) is 0 Å². The molecule has 0 heterocycles. The number of amides is 3. The molecule has 0 spiro atoms. The van der Waals surface area contributed by atoms with Crippen LogP contribution in [0.4, 0.5) is 4.79 Å². The SMILES string of the molecule is CC(NC(=O)N[C@@H](CC(=O)O)C(=O)O)C(N)=O. The molecule has 17 heavy (non-hydrogen) atoms. The molecule has 1 unspecified atom stereocenters. The number of carbonyl (C=O) groups is 4. The van der Waals surface area contributed by atoms with E-state index in [0.717, 1.165) is 0 Å². The highest BCUT2D eigenvalue weighted by molar-refractivity contribution is 5.89. The van der Waals surface area contributed by atoms with Gasteiger partial charge in [-0.15, -0.1) is 0 Å². The van der Waals surface area contributed by atoms with Crippen molar-refractivity contribution >= 4 is 23.9 Å². The number of nitrogens with two attached hydrogens (primary N) is 1. The third-order valence-corrected chi connectivity index (χ3v) is 1.76. The Morgan fingerprint density at radius 2 is 1.71 bits per heavy atom. The molecule has 9 heteroatoms. The normalized spacial score (nSPS) is 13.2. The Labute approximate surface area is 96.0 Å². The van der Waals surface area contributed by atoms with Crippen LogP contribution in [0.15, 0.2) is 0 Å². The number of carbonyl (C=O) groups excluding carboxylic acids is 2. The number of carboxylic acid groups (broad SMARTS) is 2. The fourth-order valence-electron chi connectivity index (χ4n) is 0.842. The summed E-state index contributed by atoms with van der Waals surface area (Å²) in [7, 11) is 0. The first kappa shape index (κ1) is 14.7. The summed E-state index contributed by atoms with van der Waals surface area (Å²) >= 11 is 0. The highest BCUT2D eigenvalue weighted by Crippen LogP contribution is 1.93. The van der Waals surface area contributed by atoms with Gasteiger partial charge >= 0.3 is 18.0 Å². The van der Waals surface area contributed by atoms with Crippen molar-refractivity contribution in [3.8, 4) is 0 Å². The van der Waals surface area contributed by atoms with Crippen LogP contribution in [0.5, 0.6) is 0 Å². The second kappa shape index (κ2) is 6.30. The maximum atomic E-state index is 11.2. The van der Waals surface area contributed by atoms with Crippen LogP contribution in [0.2, 0.25) is 0 Å². The molecule has 0 fully saturated rings. The van der Waals surface area contributed by atoms with Gasteiger partial charge in [0.05, 0.1) is 6.42 Å². The van der Waals surface area contributed by atoms with E-state index < -0.39 is 42.4 Å². The molecule has 0 rings (SSSR count). The number of hydrogen-bond acceptors (Lipinski definition) is 4. The van der Waals surface area contributed by atoms with E-state index in [9.17, 15) is 19.2 Å². The van der Waals surface area contributed by atoms with E-state index in [1.165, 1.54) is 6.92 Å². The van der Waals surface area contributed by atoms with Crippen LogP contribution in [0, 0.1) is 0 Å². The molecule has 3 amide bonds. The molecule has 0 aromatic heterocycles.